The zero-order valence-corrected chi connectivity index (χ0v) is 11.6. The molecule has 0 spiro atoms. The van der Waals surface area contributed by atoms with Gasteiger partial charge in [0.15, 0.2) is 0 Å². The minimum atomic E-state index is -0.393. The van der Waals surface area contributed by atoms with Crippen LogP contribution in [0.25, 0.3) is 0 Å². The molecule has 0 aromatic heterocycles. The van der Waals surface area contributed by atoms with E-state index in [4.69, 9.17) is 0 Å². The highest BCUT2D eigenvalue weighted by Gasteiger charge is 2.05. The molecule has 0 heterocycles. The van der Waals surface area contributed by atoms with Crippen LogP contribution in [0.5, 0.6) is 0 Å². The van der Waals surface area contributed by atoms with E-state index in [-0.39, 0.29) is 0 Å². The lowest BCUT2D eigenvalue weighted by Gasteiger charge is -2.08. The molecule has 1 aromatic carbocycles. The van der Waals surface area contributed by atoms with Gasteiger partial charge in [-0.1, -0.05) is 19.4 Å². The summed E-state index contributed by atoms with van der Waals surface area (Å²) in [5, 5.41) is 9.43. The molecule has 1 N–H and O–H groups in total. The van der Waals surface area contributed by atoms with Crippen LogP contribution in [-0.4, -0.2) is 10.9 Å². The highest BCUT2D eigenvalue weighted by atomic mass is 79.9. The van der Waals surface area contributed by atoms with E-state index in [9.17, 15) is 5.11 Å². The van der Waals surface area contributed by atoms with Crippen molar-refractivity contribution in [1.82, 2.24) is 0 Å². The van der Waals surface area contributed by atoms with Crippen LogP contribution in [0.2, 0.25) is 0 Å². The highest BCUT2D eigenvalue weighted by Crippen LogP contribution is 2.30. The molecule has 0 aliphatic carbocycles. The van der Waals surface area contributed by atoms with Crippen molar-refractivity contribution in [3.8, 4) is 0 Å². The number of hydrogen-bond acceptors (Lipinski definition) is 2. The van der Waals surface area contributed by atoms with Crippen molar-refractivity contribution >= 4 is 27.7 Å². The predicted octanol–water partition coefficient (Wildman–Crippen LogP) is 4.39. The van der Waals surface area contributed by atoms with Gasteiger partial charge in [-0.2, -0.15) is 0 Å². The number of thioether (sulfide) groups is 1. The fourth-order valence-corrected chi connectivity index (χ4v) is 2.97. The molecule has 0 unspecified atom stereocenters. The van der Waals surface area contributed by atoms with Crippen molar-refractivity contribution in [2.45, 2.75) is 37.7 Å². The maximum atomic E-state index is 9.43. The summed E-state index contributed by atoms with van der Waals surface area (Å²) in [5.41, 5.74) is 0.960. The van der Waals surface area contributed by atoms with Crippen molar-refractivity contribution < 1.29 is 5.11 Å². The van der Waals surface area contributed by atoms with E-state index in [1.807, 2.05) is 23.9 Å². The molecule has 1 rings (SSSR count). The zero-order chi connectivity index (χ0) is 11.3. The SMILES string of the molecule is CCCCSc1ccc([C@@H](C)O)cc1Br. The maximum absolute atomic E-state index is 9.43. The van der Waals surface area contributed by atoms with Gasteiger partial charge < -0.3 is 5.11 Å². The maximum Gasteiger partial charge on any atom is 0.0762 e. The van der Waals surface area contributed by atoms with Crippen LogP contribution in [0, 0.1) is 0 Å². The Kier molecular flexibility index (Phi) is 5.72. The molecule has 0 bridgehead atoms. The lowest BCUT2D eigenvalue weighted by atomic mass is 10.1. The van der Waals surface area contributed by atoms with Crippen LogP contribution in [-0.2, 0) is 0 Å². The van der Waals surface area contributed by atoms with Crippen LogP contribution in [0.1, 0.15) is 38.4 Å². The molecule has 0 saturated carbocycles. The summed E-state index contributed by atoms with van der Waals surface area (Å²) in [4.78, 5) is 1.26. The molecule has 84 valence electrons. The third-order valence-electron chi connectivity index (χ3n) is 2.19. The molecule has 0 radical (unpaired) electrons. The van der Waals surface area contributed by atoms with E-state index in [2.05, 4.69) is 28.9 Å². The van der Waals surface area contributed by atoms with Gasteiger partial charge in [0.1, 0.15) is 0 Å². The molecule has 0 aliphatic heterocycles. The number of aliphatic hydroxyl groups excluding tert-OH is 1. The van der Waals surface area contributed by atoms with Crippen molar-refractivity contribution in [2.24, 2.45) is 0 Å². The minimum Gasteiger partial charge on any atom is -0.389 e. The second kappa shape index (κ2) is 6.56. The van der Waals surface area contributed by atoms with E-state index in [0.29, 0.717) is 0 Å². The van der Waals surface area contributed by atoms with Crippen LogP contribution >= 0.6 is 27.7 Å². The van der Waals surface area contributed by atoms with Crippen LogP contribution in [0.3, 0.4) is 0 Å². The lowest BCUT2D eigenvalue weighted by Crippen LogP contribution is -1.91. The summed E-state index contributed by atoms with van der Waals surface area (Å²) in [6, 6.07) is 6.06. The van der Waals surface area contributed by atoms with Crippen molar-refractivity contribution in [1.29, 1.82) is 0 Å². The average molecular weight is 289 g/mol. The van der Waals surface area contributed by atoms with E-state index < -0.39 is 6.10 Å². The first-order chi connectivity index (χ1) is 7.15. The number of benzene rings is 1. The fraction of sp³-hybridized carbons (Fsp3) is 0.500. The van der Waals surface area contributed by atoms with Crippen molar-refractivity contribution in [2.75, 3.05) is 5.75 Å². The van der Waals surface area contributed by atoms with Crippen LogP contribution in [0.4, 0.5) is 0 Å². The summed E-state index contributed by atoms with van der Waals surface area (Å²) in [6.07, 6.45) is 2.09. The van der Waals surface area contributed by atoms with E-state index in [1.165, 1.54) is 17.7 Å². The van der Waals surface area contributed by atoms with E-state index in [0.717, 1.165) is 15.8 Å². The zero-order valence-electron chi connectivity index (χ0n) is 9.16. The number of hydrogen-bond donors (Lipinski definition) is 1. The van der Waals surface area contributed by atoms with E-state index in [1.54, 1.807) is 6.92 Å². The number of rotatable bonds is 5. The van der Waals surface area contributed by atoms with Gasteiger partial charge in [-0.25, -0.2) is 0 Å². The van der Waals surface area contributed by atoms with Crippen molar-refractivity contribution in [3.63, 3.8) is 0 Å². The van der Waals surface area contributed by atoms with Crippen molar-refractivity contribution in [3.05, 3.63) is 28.2 Å². The van der Waals surface area contributed by atoms with Gasteiger partial charge in [0, 0.05) is 9.37 Å². The second-order valence-corrected chi connectivity index (χ2v) is 5.56. The predicted molar refractivity (Wildman–Crippen MR) is 70.4 cm³/mol. The summed E-state index contributed by atoms with van der Waals surface area (Å²) in [6.45, 7) is 3.98. The Morgan fingerprint density at radius 2 is 2.20 bits per heavy atom. The largest absolute Gasteiger partial charge is 0.389 e. The van der Waals surface area contributed by atoms with Gasteiger partial charge in [0.2, 0.25) is 0 Å². The second-order valence-electron chi connectivity index (χ2n) is 3.57. The summed E-state index contributed by atoms with van der Waals surface area (Å²) in [7, 11) is 0. The summed E-state index contributed by atoms with van der Waals surface area (Å²) >= 11 is 5.40. The van der Waals surface area contributed by atoms with Gasteiger partial charge in [0.25, 0.3) is 0 Å². The number of unbranched alkanes of at least 4 members (excludes halogenated alkanes) is 1. The monoisotopic (exact) mass is 288 g/mol. The first kappa shape index (κ1) is 13.1. The molecule has 15 heavy (non-hydrogen) atoms. The first-order valence-corrected chi connectivity index (χ1v) is 7.03. The van der Waals surface area contributed by atoms with Gasteiger partial charge in [-0.15, -0.1) is 11.8 Å². The third-order valence-corrected chi connectivity index (χ3v) is 4.27. The van der Waals surface area contributed by atoms with Gasteiger partial charge >= 0.3 is 0 Å². The highest BCUT2D eigenvalue weighted by molar-refractivity contribution is 9.10. The average Bonchev–Trinajstić information content (AvgIpc) is 2.20. The summed E-state index contributed by atoms with van der Waals surface area (Å²) < 4.78 is 1.09. The quantitative estimate of drug-likeness (QED) is 0.640. The van der Waals surface area contributed by atoms with E-state index >= 15 is 0 Å². The Morgan fingerprint density at radius 1 is 1.47 bits per heavy atom. The molecule has 0 fully saturated rings. The molecule has 3 heteroatoms. The Labute approximate surface area is 104 Å². The minimum absolute atomic E-state index is 0.393. The first-order valence-electron chi connectivity index (χ1n) is 5.25. The number of aliphatic hydroxyl groups is 1. The lowest BCUT2D eigenvalue weighted by molar-refractivity contribution is 0.199. The molecule has 1 atom stereocenters. The standard InChI is InChI=1S/C12H17BrOS/c1-3-4-7-15-12-6-5-10(9(2)14)8-11(12)13/h5-6,8-9,14H,3-4,7H2,1-2H3/t9-/m1/s1. The van der Waals surface area contributed by atoms with Crippen LogP contribution < -0.4 is 0 Å². The molecular weight excluding hydrogens is 272 g/mol. The van der Waals surface area contributed by atoms with Gasteiger partial charge in [-0.3, -0.25) is 0 Å². The topological polar surface area (TPSA) is 20.2 Å². The molecule has 0 amide bonds. The molecule has 1 nitrogen and oxygen atoms in total. The normalized spacial score (nSPS) is 12.8. The Balaban J connectivity index is 2.66. The Bertz CT molecular complexity index is 312. The van der Waals surface area contributed by atoms with Gasteiger partial charge in [0.05, 0.1) is 6.10 Å². The third kappa shape index (κ3) is 4.17. The molecule has 1 aromatic rings. The summed E-state index contributed by atoms with van der Waals surface area (Å²) in [5.74, 6) is 1.16. The Hall–Kier alpha value is 0.01000. The smallest absolute Gasteiger partial charge is 0.0762 e. The molecule has 0 aliphatic rings. The fourth-order valence-electron chi connectivity index (χ4n) is 1.22. The molecular formula is C12H17BrOS. The number of halogens is 1. The van der Waals surface area contributed by atoms with Gasteiger partial charge in [-0.05, 0) is 52.7 Å². The molecule has 0 saturated heterocycles. The van der Waals surface area contributed by atoms with Crippen LogP contribution in [0.15, 0.2) is 27.6 Å². The Morgan fingerprint density at radius 3 is 2.73 bits per heavy atom.